The summed E-state index contributed by atoms with van der Waals surface area (Å²) in [5.41, 5.74) is 0.738. The largest absolute Gasteiger partial charge is 0.481 e. The molecule has 106 valence electrons. The highest BCUT2D eigenvalue weighted by atomic mass is 16.4. The Bertz CT molecular complexity index is 646. The third-order valence-electron chi connectivity index (χ3n) is 3.15. The van der Waals surface area contributed by atoms with E-state index in [-0.39, 0.29) is 12.3 Å². The smallest absolute Gasteiger partial charge is 0.303 e. The molecule has 0 saturated heterocycles. The number of amides is 1. The Morgan fingerprint density at radius 3 is 2.85 bits per heavy atom. The molecule has 0 fully saturated rings. The summed E-state index contributed by atoms with van der Waals surface area (Å²) >= 11 is 0. The van der Waals surface area contributed by atoms with E-state index < -0.39 is 11.5 Å². The summed E-state index contributed by atoms with van der Waals surface area (Å²) < 4.78 is 0. The lowest BCUT2D eigenvalue weighted by Gasteiger charge is -2.25. The second-order valence-corrected chi connectivity index (χ2v) is 5.37. The van der Waals surface area contributed by atoms with E-state index in [2.05, 4.69) is 15.5 Å². The molecule has 1 aromatic heterocycles. The number of carboxylic acid groups (broad SMARTS) is 1. The zero-order valence-electron chi connectivity index (χ0n) is 11.4. The van der Waals surface area contributed by atoms with Gasteiger partial charge in [0.1, 0.15) is 0 Å². The van der Waals surface area contributed by atoms with E-state index in [0.717, 1.165) is 10.9 Å². The average molecular weight is 275 g/mol. The van der Waals surface area contributed by atoms with E-state index in [4.69, 9.17) is 5.11 Å². The van der Waals surface area contributed by atoms with Crippen molar-refractivity contribution in [1.82, 2.24) is 15.5 Å². The van der Waals surface area contributed by atoms with Gasteiger partial charge in [-0.05, 0) is 32.4 Å². The third-order valence-corrected chi connectivity index (χ3v) is 3.15. The normalized spacial score (nSPS) is 11.5. The van der Waals surface area contributed by atoms with Crippen molar-refractivity contribution in [3.63, 3.8) is 0 Å². The Morgan fingerprint density at radius 2 is 2.15 bits per heavy atom. The van der Waals surface area contributed by atoms with E-state index in [0.29, 0.717) is 12.0 Å². The minimum atomic E-state index is -0.871. The van der Waals surface area contributed by atoms with Crippen LogP contribution in [-0.4, -0.2) is 32.7 Å². The molecule has 3 N–H and O–H groups in total. The van der Waals surface area contributed by atoms with Gasteiger partial charge in [-0.15, -0.1) is 0 Å². The Labute approximate surface area is 116 Å². The van der Waals surface area contributed by atoms with Crippen molar-refractivity contribution >= 4 is 22.8 Å². The number of carboxylic acids is 1. The van der Waals surface area contributed by atoms with Gasteiger partial charge in [-0.1, -0.05) is 6.07 Å². The van der Waals surface area contributed by atoms with Crippen LogP contribution in [0.1, 0.15) is 37.0 Å². The lowest BCUT2D eigenvalue weighted by atomic mass is 9.97. The minimum absolute atomic E-state index is 0.0171. The fraction of sp³-hybridized carbons (Fsp3) is 0.357. The van der Waals surface area contributed by atoms with Crippen molar-refractivity contribution in [2.24, 2.45) is 0 Å². The molecule has 1 heterocycles. The number of nitrogens with zero attached hydrogens (tertiary/aromatic N) is 1. The second kappa shape index (κ2) is 5.32. The van der Waals surface area contributed by atoms with Crippen LogP contribution in [-0.2, 0) is 4.79 Å². The third kappa shape index (κ3) is 3.14. The fourth-order valence-corrected chi connectivity index (χ4v) is 2.02. The molecule has 0 saturated carbocycles. The number of benzene rings is 1. The highest BCUT2D eigenvalue weighted by Crippen LogP contribution is 2.18. The molecule has 2 aromatic rings. The molecule has 1 aromatic carbocycles. The molecule has 0 radical (unpaired) electrons. The predicted molar refractivity (Wildman–Crippen MR) is 74.5 cm³/mol. The summed E-state index contributed by atoms with van der Waals surface area (Å²) in [7, 11) is 0. The highest BCUT2D eigenvalue weighted by Gasteiger charge is 2.23. The van der Waals surface area contributed by atoms with Crippen LogP contribution in [0.2, 0.25) is 0 Å². The number of fused-ring (bicyclic) bond motifs is 1. The zero-order chi connectivity index (χ0) is 14.8. The van der Waals surface area contributed by atoms with Gasteiger partial charge in [0.2, 0.25) is 0 Å². The summed E-state index contributed by atoms with van der Waals surface area (Å²) in [6.45, 7) is 3.62. The quantitative estimate of drug-likeness (QED) is 0.777. The van der Waals surface area contributed by atoms with Crippen molar-refractivity contribution in [2.45, 2.75) is 32.2 Å². The number of nitrogens with one attached hydrogen (secondary N) is 2. The molecule has 0 spiro atoms. The van der Waals surface area contributed by atoms with Crippen LogP contribution in [0.5, 0.6) is 0 Å². The van der Waals surface area contributed by atoms with Crippen LogP contribution in [0.3, 0.4) is 0 Å². The number of H-pyrrole nitrogens is 1. The summed E-state index contributed by atoms with van der Waals surface area (Å²) in [4.78, 5) is 22.9. The van der Waals surface area contributed by atoms with E-state index >= 15 is 0 Å². The van der Waals surface area contributed by atoms with Crippen molar-refractivity contribution < 1.29 is 14.7 Å². The zero-order valence-corrected chi connectivity index (χ0v) is 11.4. The number of hydrogen-bond donors (Lipinski definition) is 3. The van der Waals surface area contributed by atoms with E-state index in [1.807, 2.05) is 19.9 Å². The standard InChI is InChI=1S/C14H17N3O3/c1-14(2,7-6-12(18)19)16-13(20)9-4-3-5-11-10(9)8-15-17-11/h3-5,8H,6-7H2,1-2H3,(H,15,17)(H,16,20)(H,18,19). The van der Waals surface area contributed by atoms with Crippen LogP contribution < -0.4 is 5.32 Å². The van der Waals surface area contributed by atoms with Gasteiger partial charge in [-0.3, -0.25) is 14.7 Å². The van der Waals surface area contributed by atoms with Gasteiger partial charge in [0.25, 0.3) is 5.91 Å². The number of aromatic nitrogens is 2. The molecular formula is C14H17N3O3. The van der Waals surface area contributed by atoms with Gasteiger partial charge < -0.3 is 10.4 Å². The number of rotatable bonds is 5. The summed E-state index contributed by atoms with van der Waals surface area (Å²) in [6, 6.07) is 5.34. The lowest BCUT2D eigenvalue weighted by Crippen LogP contribution is -2.43. The SMILES string of the molecule is CC(C)(CCC(=O)O)NC(=O)c1cccc2[nH]ncc12. The first-order chi connectivity index (χ1) is 9.39. The molecule has 0 bridgehead atoms. The summed E-state index contributed by atoms with van der Waals surface area (Å²) in [6.07, 6.45) is 1.99. The Morgan fingerprint density at radius 1 is 1.40 bits per heavy atom. The maximum Gasteiger partial charge on any atom is 0.303 e. The molecule has 0 unspecified atom stereocenters. The van der Waals surface area contributed by atoms with Crippen molar-refractivity contribution in [3.05, 3.63) is 30.0 Å². The molecule has 20 heavy (non-hydrogen) atoms. The second-order valence-electron chi connectivity index (χ2n) is 5.37. The number of carbonyl (C=O) groups is 2. The fourth-order valence-electron chi connectivity index (χ4n) is 2.02. The van der Waals surface area contributed by atoms with Crippen LogP contribution in [0.4, 0.5) is 0 Å². The molecule has 2 rings (SSSR count). The Kier molecular flexibility index (Phi) is 3.74. The molecular weight excluding hydrogens is 258 g/mol. The van der Waals surface area contributed by atoms with Gasteiger partial charge >= 0.3 is 5.97 Å². The first-order valence-electron chi connectivity index (χ1n) is 6.35. The van der Waals surface area contributed by atoms with Crippen molar-refractivity contribution in [3.8, 4) is 0 Å². The Hall–Kier alpha value is -2.37. The number of hydrogen-bond acceptors (Lipinski definition) is 3. The average Bonchev–Trinajstić information content (AvgIpc) is 2.83. The number of aliphatic carboxylic acids is 1. The maximum absolute atomic E-state index is 12.3. The summed E-state index contributed by atoms with van der Waals surface area (Å²) in [5, 5.41) is 19.1. The van der Waals surface area contributed by atoms with Crippen LogP contribution in [0.15, 0.2) is 24.4 Å². The molecule has 0 aliphatic carbocycles. The van der Waals surface area contributed by atoms with E-state index in [9.17, 15) is 9.59 Å². The van der Waals surface area contributed by atoms with Crippen LogP contribution in [0, 0.1) is 0 Å². The van der Waals surface area contributed by atoms with Crippen molar-refractivity contribution in [1.29, 1.82) is 0 Å². The van der Waals surface area contributed by atoms with Gasteiger partial charge in [-0.25, -0.2) is 0 Å². The van der Waals surface area contributed by atoms with E-state index in [1.165, 1.54) is 0 Å². The lowest BCUT2D eigenvalue weighted by molar-refractivity contribution is -0.137. The van der Waals surface area contributed by atoms with Gasteiger partial charge in [0.15, 0.2) is 0 Å². The maximum atomic E-state index is 12.3. The van der Waals surface area contributed by atoms with Crippen LogP contribution >= 0.6 is 0 Å². The molecule has 0 aliphatic heterocycles. The van der Waals surface area contributed by atoms with Gasteiger partial charge in [-0.2, -0.15) is 5.10 Å². The molecule has 6 nitrogen and oxygen atoms in total. The Balaban J connectivity index is 2.15. The minimum Gasteiger partial charge on any atom is -0.481 e. The van der Waals surface area contributed by atoms with Crippen molar-refractivity contribution in [2.75, 3.05) is 0 Å². The topological polar surface area (TPSA) is 95.1 Å². The van der Waals surface area contributed by atoms with Gasteiger partial charge in [0, 0.05) is 17.3 Å². The van der Waals surface area contributed by atoms with Crippen LogP contribution in [0.25, 0.3) is 10.9 Å². The first kappa shape index (κ1) is 14.0. The predicted octanol–water partition coefficient (Wildman–Crippen LogP) is 1.94. The molecule has 0 aliphatic rings. The van der Waals surface area contributed by atoms with Gasteiger partial charge in [0.05, 0.1) is 17.3 Å². The number of aromatic amines is 1. The monoisotopic (exact) mass is 275 g/mol. The molecule has 1 amide bonds. The summed E-state index contributed by atoms with van der Waals surface area (Å²) in [5.74, 6) is -1.10. The molecule has 6 heteroatoms. The highest BCUT2D eigenvalue weighted by molar-refractivity contribution is 6.06. The first-order valence-corrected chi connectivity index (χ1v) is 6.35. The number of carbonyl (C=O) groups excluding carboxylic acids is 1. The molecule has 0 atom stereocenters. The van der Waals surface area contributed by atoms with E-state index in [1.54, 1.807) is 18.3 Å².